The van der Waals surface area contributed by atoms with Gasteiger partial charge in [-0.2, -0.15) is 0 Å². The fourth-order valence-electron chi connectivity index (χ4n) is 2.93. The fourth-order valence-corrected chi connectivity index (χ4v) is 3.99. The van der Waals surface area contributed by atoms with Crippen LogP contribution in [0.5, 0.6) is 5.75 Å². The van der Waals surface area contributed by atoms with E-state index < -0.39 is 10.0 Å². The maximum atomic E-state index is 12.5. The van der Waals surface area contributed by atoms with Gasteiger partial charge in [0.1, 0.15) is 5.75 Å². The van der Waals surface area contributed by atoms with Crippen LogP contribution in [-0.2, 0) is 14.8 Å². The highest BCUT2D eigenvalue weighted by atomic mass is 32.2. The minimum atomic E-state index is -3.63. The molecular weight excluding hydrogens is 352 g/mol. The predicted molar refractivity (Wildman–Crippen MR) is 102 cm³/mol. The molecule has 0 aromatic heterocycles. The van der Waals surface area contributed by atoms with E-state index in [0.29, 0.717) is 37.3 Å². The van der Waals surface area contributed by atoms with E-state index in [1.807, 2.05) is 19.1 Å². The molecule has 1 saturated heterocycles. The topological polar surface area (TPSA) is 67.9 Å². The molecule has 0 amide bonds. The molecule has 2 aromatic carbocycles. The summed E-state index contributed by atoms with van der Waals surface area (Å²) < 4.78 is 38.5. The van der Waals surface area contributed by atoms with E-state index in [-0.39, 0.29) is 4.90 Å². The molecule has 1 fully saturated rings. The molecule has 0 saturated carbocycles. The third-order valence-electron chi connectivity index (χ3n) is 4.26. The zero-order valence-electron chi connectivity index (χ0n) is 15.0. The molecule has 1 aliphatic rings. The molecule has 140 valence electrons. The molecule has 1 unspecified atom stereocenters. The van der Waals surface area contributed by atoms with E-state index in [1.165, 1.54) is 12.1 Å². The summed E-state index contributed by atoms with van der Waals surface area (Å²) in [5.74, 6) is 0.649. The molecule has 0 aliphatic carbocycles. The Morgan fingerprint density at radius 1 is 1.15 bits per heavy atom. The lowest BCUT2D eigenvalue weighted by Gasteiger charge is -2.35. The van der Waals surface area contributed by atoms with Gasteiger partial charge in [-0.15, -0.1) is 0 Å². The van der Waals surface area contributed by atoms with Crippen molar-refractivity contribution in [2.24, 2.45) is 0 Å². The van der Waals surface area contributed by atoms with Crippen LogP contribution in [0.25, 0.3) is 0 Å². The number of hydrogen-bond acceptors (Lipinski definition) is 5. The Bertz CT molecular complexity index is 820. The average molecular weight is 376 g/mol. The molecule has 26 heavy (non-hydrogen) atoms. The van der Waals surface area contributed by atoms with Crippen LogP contribution in [0.4, 0.5) is 11.4 Å². The third-order valence-corrected chi connectivity index (χ3v) is 5.66. The summed E-state index contributed by atoms with van der Waals surface area (Å²) >= 11 is 0. The largest absolute Gasteiger partial charge is 0.494 e. The van der Waals surface area contributed by atoms with Crippen molar-refractivity contribution in [3.05, 3.63) is 48.5 Å². The molecule has 1 N–H and O–H groups in total. The highest BCUT2D eigenvalue weighted by Gasteiger charge is 2.19. The standard InChI is InChI=1S/C19H24N2O4S/c1-3-25-18-8-10-19(11-9-18)26(22,23)20-16-4-6-17(7-5-16)21-12-13-24-14-15(21)2/h4-11,15,20H,3,12-14H2,1-2H3. The first-order valence-corrected chi connectivity index (χ1v) is 10.2. The van der Waals surface area contributed by atoms with Gasteiger partial charge in [-0.05, 0) is 62.4 Å². The number of morpholine rings is 1. The van der Waals surface area contributed by atoms with Crippen molar-refractivity contribution >= 4 is 21.4 Å². The van der Waals surface area contributed by atoms with Gasteiger partial charge in [-0.1, -0.05) is 0 Å². The van der Waals surface area contributed by atoms with Crippen molar-refractivity contribution in [2.45, 2.75) is 24.8 Å². The van der Waals surface area contributed by atoms with Crippen LogP contribution in [0, 0.1) is 0 Å². The first kappa shape index (κ1) is 18.5. The Morgan fingerprint density at radius 3 is 2.46 bits per heavy atom. The average Bonchev–Trinajstić information content (AvgIpc) is 2.63. The lowest BCUT2D eigenvalue weighted by Crippen LogP contribution is -2.43. The third kappa shape index (κ3) is 4.28. The first-order chi connectivity index (χ1) is 12.5. The quantitative estimate of drug-likeness (QED) is 0.839. The summed E-state index contributed by atoms with van der Waals surface area (Å²) in [5, 5.41) is 0. The summed E-state index contributed by atoms with van der Waals surface area (Å²) in [4.78, 5) is 2.46. The highest BCUT2D eigenvalue weighted by Crippen LogP contribution is 2.24. The van der Waals surface area contributed by atoms with E-state index >= 15 is 0 Å². The number of sulfonamides is 1. The zero-order valence-corrected chi connectivity index (χ0v) is 15.8. The van der Waals surface area contributed by atoms with E-state index in [2.05, 4.69) is 16.5 Å². The number of anilines is 2. The maximum Gasteiger partial charge on any atom is 0.261 e. The van der Waals surface area contributed by atoms with E-state index in [9.17, 15) is 8.42 Å². The maximum absolute atomic E-state index is 12.5. The number of rotatable bonds is 6. The lowest BCUT2D eigenvalue weighted by atomic mass is 10.2. The van der Waals surface area contributed by atoms with E-state index in [1.54, 1.807) is 24.3 Å². The SMILES string of the molecule is CCOc1ccc(S(=O)(=O)Nc2ccc(N3CCOCC3C)cc2)cc1. The predicted octanol–water partition coefficient (Wildman–Crippen LogP) is 3.11. The number of nitrogens with one attached hydrogen (secondary N) is 1. The molecule has 6 nitrogen and oxygen atoms in total. The number of benzene rings is 2. The summed E-state index contributed by atoms with van der Waals surface area (Å²) in [5.41, 5.74) is 1.59. The summed E-state index contributed by atoms with van der Waals surface area (Å²) in [6.45, 7) is 6.77. The van der Waals surface area contributed by atoms with Crippen molar-refractivity contribution in [2.75, 3.05) is 36.0 Å². The molecule has 0 radical (unpaired) electrons. The Balaban J connectivity index is 1.71. The van der Waals surface area contributed by atoms with Gasteiger partial charge < -0.3 is 14.4 Å². The number of hydrogen-bond donors (Lipinski definition) is 1. The van der Waals surface area contributed by atoms with E-state index in [4.69, 9.17) is 9.47 Å². The summed E-state index contributed by atoms with van der Waals surface area (Å²) in [6.07, 6.45) is 0. The van der Waals surface area contributed by atoms with Crippen LogP contribution < -0.4 is 14.4 Å². The van der Waals surface area contributed by atoms with Gasteiger partial charge in [0.25, 0.3) is 10.0 Å². The smallest absolute Gasteiger partial charge is 0.261 e. The van der Waals surface area contributed by atoms with Crippen LogP contribution >= 0.6 is 0 Å². The van der Waals surface area contributed by atoms with Gasteiger partial charge in [0.15, 0.2) is 0 Å². The molecule has 7 heteroatoms. The highest BCUT2D eigenvalue weighted by molar-refractivity contribution is 7.92. The molecular formula is C19H24N2O4S. The zero-order chi connectivity index (χ0) is 18.6. The number of nitrogens with zero attached hydrogens (tertiary/aromatic N) is 1. The van der Waals surface area contributed by atoms with Gasteiger partial charge in [0, 0.05) is 24.0 Å². The van der Waals surface area contributed by atoms with Crippen molar-refractivity contribution < 1.29 is 17.9 Å². The monoisotopic (exact) mass is 376 g/mol. The molecule has 3 rings (SSSR count). The second-order valence-electron chi connectivity index (χ2n) is 6.17. The summed E-state index contributed by atoms with van der Waals surface area (Å²) in [7, 11) is -3.63. The van der Waals surface area contributed by atoms with Crippen LogP contribution in [0.1, 0.15) is 13.8 Å². The van der Waals surface area contributed by atoms with Crippen LogP contribution in [0.15, 0.2) is 53.4 Å². The molecule has 1 atom stereocenters. The second kappa shape index (κ2) is 7.97. The van der Waals surface area contributed by atoms with Crippen LogP contribution in [0.3, 0.4) is 0 Å². The Hall–Kier alpha value is -2.25. The van der Waals surface area contributed by atoms with Crippen molar-refractivity contribution in [1.29, 1.82) is 0 Å². The van der Waals surface area contributed by atoms with Gasteiger partial charge >= 0.3 is 0 Å². The van der Waals surface area contributed by atoms with E-state index in [0.717, 1.165) is 12.2 Å². The van der Waals surface area contributed by atoms with Gasteiger partial charge in [0.05, 0.1) is 24.7 Å². The Labute approximate surface area is 154 Å². The Kier molecular flexibility index (Phi) is 5.68. The first-order valence-electron chi connectivity index (χ1n) is 8.70. The molecule has 0 bridgehead atoms. The van der Waals surface area contributed by atoms with Gasteiger partial charge in [0.2, 0.25) is 0 Å². The number of ether oxygens (including phenoxy) is 2. The minimum absolute atomic E-state index is 0.201. The Morgan fingerprint density at radius 2 is 1.85 bits per heavy atom. The van der Waals surface area contributed by atoms with Gasteiger partial charge in [-0.25, -0.2) is 8.42 Å². The minimum Gasteiger partial charge on any atom is -0.494 e. The second-order valence-corrected chi connectivity index (χ2v) is 7.86. The lowest BCUT2D eigenvalue weighted by molar-refractivity contribution is 0.0989. The molecule has 1 heterocycles. The van der Waals surface area contributed by atoms with Crippen molar-refractivity contribution in [1.82, 2.24) is 0 Å². The van der Waals surface area contributed by atoms with Crippen LogP contribution in [0.2, 0.25) is 0 Å². The van der Waals surface area contributed by atoms with Crippen molar-refractivity contribution in [3.63, 3.8) is 0 Å². The summed E-state index contributed by atoms with van der Waals surface area (Å²) in [6, 6.07) is 14.1. The van der Waals surface area contributed by atoms with Gasteiger partial charge in [-0.3, -0.25) is 4.72 Å². The van der Waals surface area contributed by atoms with Crippen LogP contribution in [-0.4, -0.2) is 40.8 Å². The molecule has 1 aliphatic heterocycles. The normalized spacial score (nSPS) is 17.8. The molecule has 0 spiro atoms. The fraction of sp³-hybridized carbons (Fsp3) is 0.368. The van der Waals surface area contributed by atoms with Crippen molar-refractivity contribution in [3.8, 4) is 5.75 Å². The molecule has 2 aromatic rings.